The van der Waals surface area contributed by atoms with Crippen LogP contribution in [0.3, 0.4) is 0 Å². The van der Waals surface area contributed by atoms with Crippen molar-refractivity contribution in [3.8, 4) is 5.75 Å². The molecule has 3 nitrogen and oxygen atoms in total. The topological polar surface area (TPSA) is 30.5 Å². The van der Waals surface area contributed by atoms with Gasteiger partial charge in [0.2, 0.25) is 0 Å². The Morgan fingerprint density at radius 2 is 1.35 bits per heavy atom. The van der Waals surface area contributed by atoms with Crippen LogP contribution in [0.1, 0.15) is 6.42 Å². The molecule has 0 fully saturated rings. The summed E-state index contributed by atoms with van der Waals surface area (Å²) in [6, 6.07) is 0. The van der Waals surface area contributed by atoms with Gasteiger partial charge in [0, 0.05) is 13.7 Å². The highest BCUT2D eigenvalue weighted by Crippen LogP contribution is 2.48. The molecule has 0 heterocycles. The normalized spacial score (nSPS) is 10.9. The highest BCUT2D eigenvalue weighted by Gasteiger charge is 2.20. The first-order valence-electron chi connectivity index (χ1n) is 5.84. The van der Waals surface area contributed by atoms with Crippen molar-refractivity contribution in [2.75, 3.05) is 33.4 Å². The summed E-state index contributed by atoms with van der Waals surface area (Å²) in [4.78, 5) is 0. The summed E-state index contributed by atoms with van der Waals surface area (Å²) in [5.74, 6) is 0.254. The molecule has 114 valence electrons. The lowest BCUT2D eigenvalue weighted by atomic mass is 10.3. The molecule has 0 atom stereocenters. The van der Waals surface area contributed by atoms with E-state index in [1.807, 2.05) is 0 Å². The Morgan fingerprint density at radius 1 is 0.800 bits per heavy atom. The molecule has 0 saturated heterocycles. The van der Waals surface area contributed by atoms with Gasteiger partial charge in [-0.15, -0.1) is 0 Å². The van der Waals surface area contributed by atoms with E-state index in [1.54, 1.807) is 7.11 Å². The van der Waals surface area contributed by atoms with E-state index in [-0.39, 0.29) is 30.9 Å². The summed E-state index contributed by atoms with van der Waals surface area (Å²) in [5, 5.41) is 3.91. The van der Waals surface area contributed by atoms with Gasteiger partial charge in [0.15, 0.2) is 5.75 Å². The predicted octanol–water partition coefficient (Wildman–Crippen LogP) is 4.96. The third kappa shape index (κ3) is 4.99. The van der Waals surface area contributed by atoms with E-state index in [0.29, 0.717) is 13.2 Å². The first-order chi connectivity index (χ1) is 9.50. The molecule has 0 saturated carbocycles. The van der Waals surface area contributed by atoms with Crippen LogP contribution >= 0.6 is 58.0 Å². The second-order valence-electron chi connectivity index (χ2n) is 3.84. The summed E-state index contributed by atoms with van der Waals surface area (Å²) < 4.78 is 10.4. The van der Waals surface area contributed by atoms with Gasteiger partial charge in [0.05, 0.1) is 28.3 Å². The van der Waals surface area contributed by atoms with E-state index >= 15 is 0 Å². The van der Waals surface area contributed by atoms with Crippen molar-refractivity contribution in [3.05, 3.63) is 25.1 Å². The fourth-order valence-electron chi connectivity index (χ4n) is 1.38. The molecular formula is C12H14Cl5NO2. The number of nitrogens with one attached hydrogen (secondary N) is 1. The van der Waals surface area contributed by atoms with Crippen LogP contribution in [-0.4, -0.2) is 33.4 Å². The van der Waals surface area contributed by atoms with Gasteiger partial charge in [0.1, 0.15) is 10.0 Å². The lowest BCUT2D eigenvalue weighted by molar-refractivity contribution is 0.198. The molecule has 0 spiro atoms. The van der Waals surface area contributed by atoms with E-state index in [4.69, 9.17) is 67.5 Å². The molecule has 0 unspecified atom stereocenters. The zero-order chi connectivity index (χ0) is 15.1. The average molecular weight is 382 g/mol. The van der Waals surface area contributed by atoms with Crippen LogP contribution in [-0.2, 0) is 4.74 Å². The highest BCUT2D eigenvalue weighted by molar-refractivity contribution is 6.55. The first kappa shape index (κ1) is 18.4. The summed E-state index contributed by atoms with van der Waals surface area (Å²) in [6.07, 6.45) is 0.772. The van der Waals surface area contributed by atoms with Gasteiger partial charge in [-0.1, -0.05) is 58.0 Å². The van der Waals surface area contributed by atoms with Crippen molar-refractivity contribution >= 4 is 58.0 Å². The van der Waals surface area contributed by atoms with Crippen LogP contribution in [0.4, 0.5) is 0 Å². The van der Waals surface area contributed by atoms with Gasteiger partial charge in [-0.3, -0.25) is 0 Å². The molecule has 1 rings (SSSR count). The molecule has 20 heavy (non-hydrogen) atoms. The van der Waals surface area contributed by atoms with E-state index in [2.05, 4.69) is 5.32 Å². The third-order valence-corrected chi connectivity index (χ3v) is 4.64. The van der Waals surface area contributed by atoms with Crippen molar-refractivity contribution in [2.24, 2.45) is 0 Å². The Balaban J connectivity index is 2.52. The summed E-state index contributed by atoms with van der Waals surface area (Å²) in [6.45, 7) is 2.67. The lowest BCUT2D eigenvalue weighted by Gasteiger charge is -2.13. The fourth-order valence-corrected chi connectivity index (χ4v) is 2.61. The zero-order valence-corrected chi connectivity index (χ0v) is 14.5. The molecule has 1 N–H and O–H groups in total. The molecule has 0 amide bonds. The van der Waals surface area contributed by atoms with Gasteiger partial charge in [-0.2, -0.15) is 0 Å². The maximum absolute atomic E-state index is 6.04. The van der Waals surface area contributed by atoms with E-state index < -0.39 is 0 Å². The van der Waals surface area contributed by atoms with Gasteiger partial charge >= 0.3 is 0 Å². The molecule has 0 aliphatic carbocycles. The number of hydrogen-bond donors (Lipinski definition) is 1. The predicted molar refractivity (Wildman–Crippen MR) is 86.3 cm³/mol. The van der Waals surface area contributed by atoms with Gasteiger partial charge in [-0.05, 0) is 13.0 Å². The minimum atomic E-state index is 0.122. The van der Waals surface area contributed by atoms with Gasteiger partial charge in [-0.25, -0.2) is 0 Å². The van der Waals surface area contributed by atoms with Crippen molar-refractivity contribution < 1.29 is 9.47 Å². The van der Waals surface area contributed by atoms with Crippen LogP contribution in [0.5, 0.6) is 5.75 Å². The van der Waals surface area contributed by atoms with E-state index in [1.165, 1.54) is 0 Å². The average Bonchev–Trinajstić information content (AvgIpc) is 2.45. The first-order valence-corrected chi connectivity index (χ1v) is 7.73. The fraction of sp³-hybridized carbons (Fsp3) is 0.500. The second kappa shape index (κ2) is 9.42. The lowest BCUT2D eigenvalue weighted by Crippen LogP contribution is -2.21. The summed E-state index contributed by atoms with van der Waals surface area (Å²) in [5.41, 5.74) is 0. The maximum atomic E-state index is 6.04. The van der Waals surface area contributed by atoms with E-state index in [0.717, 1.165) is 19.5 Å². The van der Waals surface area contributed by atoms with Crippen molar-refractivity contribution in [3.63, 3.8) is 0 Å². The summed E-state index contributed by atoms with van der Waals surface area (Å²) in [7, 11) is 1.66. The van der Waals surface area contributed by atoms with Crippen molar-refractivity contribution in [1.82, 2.24) is 5.32 Å². The van der Waals surface area contributed by atoms with Crippen LogP contribution in [0.15, 0.2) is 0 Å². The molecular weight excluding hydrogens is 367 g/mol. The Hall–Kier alpha value is 0.390. The smallest absolute Gasteiger partial charge is 0.159 e. The third-order valence-electron chi connectivity index (χ3n) is 2.40. The standard InChI is InChI=1S/C12H14Cl5NO2/c1-19-6-4-18-3-2-5-20-12-10(16)8(14)7(13)9(15)11(12)17/h18H,2-6H2,1H3. The Morgan fingerprint density at radius 3 is 1.90 bits per heavy atom. The van der Waals surface area contributed by atoms with Gasteiger partial charge < -0.3 is 14.8 Å². The molecule has 0 aliphatic rings. The molecule has 0 aliphatic heterocycles. The largest absolute Gasteiger partial charge is 0.490 e. The van der Waals surface area contributed by atoms with Crippen LogP contribution in [0, 0.1) is 0 Å². The molecule has 1 aromatic rings. The second-order valence-corrected chi connectivity index (χ2v) is 5.73. The van der Waals surface area contributed by atoms with Crippen LogP contribution in [0.2, 0.25) is 25.1 Å². The summed E-state index contributed by atoms with van der Waals surface area (Å²) >= 11 is 29.9. The number of hydrogen-bond acceptors (Lipinski definition) is 3. The minimum Gasteiger partial charge on any atom is -0.490 e. The van der Waals surface area contributed by atoms with E-state index in [9.17, 15) is 0 Å². The Bertz CT molecular complexity index is 427. The van der Waals surface area contributed by atoms with Crippen molar-refractivity contribution in [1.29, 1.82) is 0 Å². The molecule has 8 heteroatoms. The molecule has 1 aromatic carbocycles. The monoisotopic (exact) mass is 379 g/mol. The van der Waals surface area contributed by atoms with Gasteiger partial charge in [0.25, 0.3) is 0 Å². The highest BCUT2D eigenvalue weighted by atomic mass is 35.5. The zero-order valence-electron chi connectivity index (χ0n) is 10.7. The maximum Gasteiger partial charge on any atom is 0.159 e. The minimum absolute atomic E-state index is 0.122. The number of benzene rings is 1. The van der Waals surface area contributed by atoms with Crippen LogP contribution < -0.4 is 10.1 Å². The van der Waals surface area contributed by atoms with Crippen LogP contribution in [0.25, 0.3) is 0 Å². The Kier molecular flexibility index (Phi) is 8.68. The number of ether oxygens (including phenoxy) is 2. The quantitative estimate of drug-likeness (QED) is 0.392. The van der Waals surface area contributed by atoms with Crippen molar-refractivity contribution in [2.45, 2.75) is 6.42 Å². The number of methoxy groups -OCH3 is 1. The molecule has 0 aromatic heterocycles. The number of halogens is 5. The molecule has 0 bridgehead atoms. The Labute approximate surface area is 143 Å². The molecule has 0 radical (unpaired) electrons. The number of rotatable bonds is 8. The SMILES string of the molecule is COCCNCCCOc1c(Cl)c(Cl)c(Cl)c(Cl)c1Cl.